The molecule has 0 saturated carbocycles. The van der Waals surface area contributed by atoms with Gasteiger partial charge in [0.15, 0.2) is 11.6 Å². The van der Waals surface area contributed by atoms with Crippen LogP contribution < -0.4 is 0 Å². The Kier molecular flexibility index (Phi) is 4.99. The zero-order valence-corrected chi connectivity index (χ0v) is 16.2. The molecule has 0 spiro atoms. The molecule has 6 nitrogen and oxygen atoms in total. The van der Waals surface area contributed by atoms with E-state index >= 15 is 0 Å². The molecule has 0 saturated heterocycles. The number of phenolic OH excluding ortho intramolecular Hbond substituents is 1. The minimum absolute atomic E-state index is 0.156. The molecule has 4 aromatic rings. The second-order valence-electron chi connectivity index (χ2n) is 6.32. The largest absolute Gasteiger partial charge is 0.507 e. The summed E-state index contributed by atoms with van der Waals surface area (Å²) < 4.78 is 0. The van der Waals surface area contributed by atoms with Crippen LogP contribution in [-0.2, 0) is 0 Å². The SMILES string of the molecule is Cc1cc(C)c(O)c(-c2nnnc(-c3cccc(Sc4ccccn4)c3)n2)c1. The second kappa shape index (κ2) is 7.74. The third-order valence-corrected chi connectivity index (χ3v) is 5.07. The van der Waals surface area contributed by atoms with Crippen LogP contribution in [0.15, 0.2) is 70.7 Å². The maximum absolute atomic E-state index is 10.4. The first-order chi connectivity index (χ1) is 13.6. The van der Waals surface area contributed by atoms with E-state index in [1.807, 2.05) is 68.4 Å². The lowest BCUT2D eigenvalue weighted by atomic mass is 10.1. The quantitative estimate of drug-likeness (QED) is 0.553. The number of hydrogen-bond donors (Lipinski definition) is 1. The first-order valence-corrected chi connectivity index (χ1v) is 9.49. The number of hydrogen-bond acceptors (Lipinski definition) is 7. The number of aryl methyl sites for hydroxylation is 2. The summed E-state index contributed by atoms with van der Waals surface area (Å²) in [6.45, 7) is 3.81. The molecule has 0 bridgehead atoms. The van der Waals surface area contributed by atoms with E-state index in [1.54, 1.807) is 18.0 Å². The minimum atomic E-state index is 0.156. The van der Waals surface area contributed by atoms with Crippen LogP contribution in [0.1, 0.15) is 11.1 Å². The minimum Gasteiger partial charge on any atom is -0.507 e. The van der Waals surface area contributed by atoms with Crippen LogP contribution in [0.3, 0.4) is 0 Å². The zero-order chi connectivity index (χ0) is 19.5. The summed E-state index contributed by atoms with van der Waals surface area (Å²) in [6.07, 6.45) is 1.77. The van der Waals surface area contributed by atoms with Gasteiger partial charge in [0.25, 0.3) is 0 Å². The Morgan fingerprint density at radius 3 is 2.57 bits per heavy atom. The van der Waals surface area contributed by atoms with E-state index < -0.39 is 0 Å². The molecule has 0 amide bonds. The number of aromatic nitrogens is 5. The van der Waals surface area contributed by atoms with Gasteiger partial charge in [-0.2, -0.15) is 0 Å². The highest BCUT2D eigenvalue weighted by Crippen LogP contribution is 2.32. The summed E-state index contributed by atoms with van der Waals surface area (Å²) in [5.74, 6) is 0.952. The van der Waals surface area contributed by atoms with E-state index in [1.165, 1.54) is 0 Å². The van der Waals surface area contributed by atoms with Crippen LogP contribution in [0.2, 0.25) is 0 Å². The van der Waals surface area contributed by atoms with Gasteiger partial charge in [-0.3, -0.25) is 0 Å². The zero-order valence-electron chi connectivity index (χ0n) is 15.4. The molecule has 7 heteroatoms. The van der Waals surface area contributed by atoms with Gasteiger partial charge in [-0.15, -0.1) is 10.2 Å². The average molecular weight is 387 g/mol. The van der Waals surface area contributed by atoms with Crippen molar-refractivity contribution in [2.24, 2.45) is 0 Å². The van der Waals surface area contributed by atoms with Gasteiger partial charge in [0.05, 0.1) is 5.56 Å². The normalized spacial score (nSPS) is 10.8. The summed E-state index contributed by atoms with van der Waals surface area (Å²) in [4.78, 5) is 9.89. The van der Waals surface area contributed by atoms with Gasteiger partial charge in [0, 0.05) is 16.7 Å². The van der Waals surface area contributed by atoms with Gasteiger partial charge >= 0.3 is 0 Å². The van der Waals surface area contributed by atoms with Crippen LogP contribution in [0.5, 0.6) is 5.75 Å². The number of aromatic hydroxyl groups is 1. The van der Waals surface area contributed by atoms with Crippen molar-refractivity contribution in [1.82, 2.24) is 25.4 Å². The van der Waals surface area contributed by atoms with Crippen molar-refractivity contribution in [3.05, 3.63) is 71.9 Å². The second-order valence-corrected chi connectivity index (χ2v) is 7.42. The Morgan fingerprint density at radius 2 is 1.75 bits per heavy atom. The molecular weight excluding hydrogens is 370 g/mol. The highest BCUT2D eigenvalue weighted by atomic mass is 32.2. The third-order valence-electron chi connectivity index (χ3n) is 4.13. The van der Waals surface area contributed by atoms with Crippen molar-refractivity contribution in [2.75, 3.05) is 0 Å². The highest BCUT2D eigenvalue weighted by molar-refractivity contribution is 7.99. The molecule has 0 radical (unpaired) electrons. The predicted octanol–water partition coefficient (Wildman–Crippen LogP) is 4.47. The molecule has 0 aliphatic carbocycles. The van der Waals surface area contributed by atoms with Crippen molar-refractivity contribution < 1.29 is 5.11 Å². The lowest BCUT2D eigenvalue weighted by Gasteiger charge is -2.08. The van der Waals surface area contributed by atoms with Crippen LogP contribution in [0.4, 0.5) is 0 Å². The lowest BCUT2D eigenvalue weighted by molar-refractivity contribution is 0.472. The van der Waals surface area contributed by atoms with E-state index in [0.717, 1.165) is 26.6 Å². The fourth-order valence-electron chi connectivity index (χ4n) is 2.85. The van der Waals surface area contributed by atoms with Crippen LogP contribution in [0, 0.1) is 13.8 Å². The van der Waals surface area contributed by atoms with Crippen LogP contribution in [-0.4, -0.2) is 30.5 Å². The summed E-state index contributed by atoms with van der Waals surface area (Å²) >= 11 is 1.56. The van der Waals surface area contributed by atoms with Gasteiger partial charge < -0.3 is 5.11 Å². The Balaban J connectivity index is 1.70. The first-order valence-electron chi connectivity index (χ1n) is 8.67. The monoisotopic (exact) mass is 387 g/mol. The van der Waals surface area contributed by atoms with E-state index in [2.05, 4.69) is 25.4 Å². The topological polar surface area (TPSA) is 84.7 Å². The molecule has 2 aromatic carbocycles. The van der Waals surface area contributed by atoms with Crippen LogP contribution >= 0.6 is 11.8 Å². The Labute approximate surface area is 166 Å². The maximum atomic E-state index is 10.4. The summed E-state index contributed by atoms with van der Waals surface area (Å²) in [5.41, 5.74) is 3.15. The van der Waals surface area contributed by atoms with Gasteiger partial charge in [0.2, 0.25) is 0 Å². The molecule has 4 rings (SSSR count). The third kappa shape index (κ3) is 3.84. The molecule has 138 valence electrons. The molecule has 0 fully saturated rings. The van der Waals surface area contributed by atoms with Crippen molar-refractivity contribution in [3.8, 4) is 28.5 Å². The molecule has 2 aromatic heterocycles. The lowest BCUT2D eigenvalue weighted by Crippen LogP contribution is -2.00. The van der Waals surface area contributed by atoms with E-state index in [0.29, 0.717) is 17.2 Å². The van der Waals surface area contributed by atoms with Crippen molar-refractivity contribution in [1.29, 1.82) is 0 Å². The molecule has 0 aliphatic heterocycles. The fraction of sp³-hybridized carbons (Fsp3) is 0.0952. The van der Waals surface area contributed by atoms with Crippen molar-refractivity contribution in [2.45, 2.75) is 23.8 Å². The highest BCUT2D eigenvalue weighted by Gasteiger charge is 2.14. The van der Waals surface area contributed by atoms with Gasteiger partial charge in [-0.1, -0.05) is 36.0 Å². The molecule has 2 heterocycles. The molecule has 0 unspecified atom stereocenters. The number of pyridine rings is 1. The van der Waals surface area contributed by atoms with Gasteiger partial charge in [0.1, 0.15) is 10.8 Å². The number of benzene rings is 2. The molecule has 1 N–H and O–H groups in total. The average Bonchev–Trinajstić information content (AvgIpc) is 2.72. The number of nitrogens with zero attached hydrogens (tertiary/aromatic N) is 5. The van der Waals surface area contributed by atoms with Gasteiger partial charge in [-0.05, 0) is 60.5 Å². The Hall–Kier alpha value is -3.32. The molecule has 0 aliphatic rings. The Bertz CT molecular complexity index is 1130. The smallest absolute Gasteiger partial charge is 0.189 e. The summed E-state index contributed by atoms with van der Waals surface area (Å²) in [6, 6.07) is 17.4. The fourth-order valence-corrected chi connectivity index (χ4v) is 3.68. The Morgan fingerprint density at radius 1 is 0.893 bits per heavy atom. The van der Waals surface area contributed by atoms with E-state index in [-0.39, 0.29) is 5.75 Å². The number of rotatable bonds is 4. The molecule has 28 heavy (non-hydrogen) atoms. The van der Waals surface area contributed by atoms with Gasteiger partial charge in [-0.25, -0.2) is 9.97 Å². The van der Waals surface area contributed by atoms with Crippen molar-refractivity contribution >= 4 is 11.8 Å². The van der Waals surface area contributed by atoms with Crippen molar-refractivity contribution in [3.63, 3.8) is 0 Å². The molecular formula is C21H17N5OS. The van der Waals surface area contributed by atoms with E-state index in [9.17, 15) is 5.11 Å². The van der Waals surface area contributed by atoms with Crippen LogP contribution in [0.25, 0.3) is 22.8 Å². The standard InChI is InChI=1S/C21H17N5OS/c1-13-10-14(2)19(27)17(11-13)21-23-20(24-26-25-21)15-6-5-7-16(12-15)28-18-8-3-4-9-22-18/h3-12,27H,1-2H3. The predicted molar refractivity (Wildman–Crippen MR) is 108 cm³/mol. The maximum Gasteiger partial charge on any atom is 0.189 e. The first kappa shape index (κ1) is 18.1. The van der Waals surface area contributed by atoms with E-state index in [4.69, 9.17) is 0 Å². The number of phenols is 1. The molecule has 0 atom stereocenters. The summed E-state index contributed by atoms with van der Waals surface area (Å²) in [7, 11) is 0. The summed E-state index contributed by atoms with van der Waals surface area (Å²) in [5, 5.41) is 23.3.